The molecule has 50 heavy (non-hydrogen) atoms. The monoisotopic (exact) mass is 682 g/mol. The molecule has 0 spiro atoms. The zero-order valence-corrected chi connectivity index (χ0v) is 29.6. The first kappa shape index (κ1) is 35.9. The molecule has 1 heterocycles. The van der Waals surface area contributed by atoms with Crippen LogP contribution in [0.25, 0.3) is 10.8 Å². The van der Waals surface area contributed by atoms with Crippen molar-refractivity contribution in [1.82, 2.24) is 15.1 Å². The summed E-state index contributed by atoms with van der Waals surface area (Å²) in [5.74, 6) is 1.63. The van der Waals surface area contributed by atoms with E-state index in [1.807, 2.05) is 54.6 Å². The number of benzene rings is 3. The van der Waals surface area contributed by atoms with Gasteiger partial charge in [-0.25, -0.2) is 4.79 Å². The third-order valence-electron chi connectivity index (χ3n) is 11.1. The quantitative estimate of drug-likeness (QED) is 0.217. The zero-order valence-electron chi connectivity index (χ0n) is 29.6. The van der Waals surface area contributed by atoms with Gasteiger partial charge in [0, 0.05) is 43.0 Å². The fourth-order valence-electron chi connectivity index (χ4n) is 8.23. The minimum atomic E-state index is -0.761. The van der Waals surface area contributed by atoms with Crippen molar-refractivity contribution in [2.24, 2.45) is 11.7 Å². The molecule has 9 nitrogen and oxygen atoms in total. The van der Waals surface area contributed by atoms with E-state index in [0.29, 0.717) is 43.0 Å². The van der Waals surface area contributed by atoms with Crippen molar-refractivity contribution in [3.8, 4) is 11.5 Å². The van der Waals surface area contributed by atoms with Gasteiger partial charge in [-0.05, 0) is 54.7 Å². The van der Waals surface area contributed by atoms with Gasteiger partial charge in [-0.3, -0.25) is 9.59 Å². The fraction of sp³-hybridized carbons (Fsp3) is 0.537. The van der Waals surface area contributed by atoms with Crippen molar-refractivity contribution in [2.45, 2.75) is 108 Å². The second-order valence-corrected chi connectivity index (χ2v) is 14.4. The molecule has 0 bridgehead atoms. The normalized spacial score (nSPS) is 19.7. The number of amides is 2. The van der Waals surface area contributed by atoms with Gasteiger partial charge in [0.2, 0.25) is 5.91 Å². The van der Waals surface area contributed by atoms with Gasteiger partial charge < -0.3 is 30.3 Å². The Hall–Kier alpha value is -3.95. The molecule has 2 aliphatic carbocycles. The summed E-state index contributed by atoms with van der Waals surface area (Å²) in [4.78, 5) is 45.9. The average Bonchev–Trinajstić information content (AvgIpc) is 3.17. The predicted octanol–water partition coefficient (Wildman–Crippen LogP) is 6.78. The van der Waals surface area contributed by atoms with Crippen LogP contribution in [0.4, 0.5) is 4.79 Å². The molecule has 1 aliphatic heterocycles. The number of rotatable bonds is 12. The molecule has 2 saturated carbocycles. The van der Waals surface area contributed by atoms with E-state index >= 15 is 0 Å². The van der Waals surface area contributed by atoms with Gasteiger partial charge in [0.1, 0.15) is 17.5 Å². The summed E-state index contributed by atoms with van der Waals surface area (Å²) < 4.78 is 11.5. The number of aryl methyl sites for hydroxylation is 1. The molecule has 3 fully saturated rings. The summed E-state index contributed by atoms with van der Waals surface area (Å²) in [6, 6.07) is 18.5. The first-order chi connectivity index (χ1) is 24.4. The smallest absolute Gasteiger partial charge is 0.415 e. The molecule has 268 valence electrons. The maximum atomic E-state index is 14.7. The number of nitrogens with two attached hydrogens (primary N) is 1. The summed E-state index contributed by atoms with van der Waals surface area (Å²) in [6.45, 7) is 1.05. The fourth-order valence-corrected chi connectivity index (χ4v) is 8.23. The standard InChI is InChI=1S/C41H54N4O5/c1-49-39-26-30(19-21-32(39)27-42)20-22-37(46)36-28-44(41(48)50-38-18-10-14-31-13-8-9-17-34(31)38)23-24-45(36)40(47)35(25-29-11-4-2-5-12-29)43-33-15-6-3-7-16-33/h8-10,13-14,17-19,21,26,29,33,35-36,43H,2-7,11-12,15-16,20,22-25,27-28,42H2,1H3/t35-,36+/m1/s1. The Kier molecular flexibility index (Phi) is 12.4. The van der Waals surface area contributed by atoms with E-state index in [1.165, 1.54) is 38.5 Å². The molecular weight excluding hydrogens is 628 g/mol. The van der Waals surface area contributed by atoms with Gasteiger partial charge in [0.25, 0.3) is 0 Å². The Morgan fingerprint density at radius 3 is 2.38 bits per heavy atom. The molecule has 3 N–H and O–H groups in total. The minimum absolute atomic E-state index is 0.00413. The van der Waals surface area contributed by atoms with Crippen LogP contribution in [0.5, 0.6) is 11.5 Å². The van der Waals surface area contributed by atoms with E-state index in [2.05, 4.69) is 5.32 Å². The SMILES string of the molecule is COc1cc(CCC(=O)[C@@H]2CN(C(=O)Oc3cccc4ccccc34)CCN2C(=O)[C@@H](CC2CCCCC2)NC2CCCCC2)ccc1CN. The number of carbonyl (C=O) groups is 3. The third kappa shape index (κ3) is 8.85. The highest BCUT2D eigenvalue weighted by Crippen LogP contribution is 2.31. The number of nitrogens with one attached hydrogen (secondary N) is 1. The third-order valence-corrected chi connectivity index (χ3v) is 11.1. The highest BCUT2D eigenvalue weighted by molar-refractivity contribution is 5.93. The highest BCUT2D eigenvalue weighted by Gasteiger charge is 2.40. The number of fused-ring (bicyclic) bond motifs is 1. The number of hydrogen-bond acceptors (Lipinski definition) is 7. The maximum Gasteiger partial charge on any atom is 0.415 e. The lowest BCUT2D eigenvalue weighted by atomic mass is 9.83. The van der Waals surface area contributed by atoms with E-state index in [0.717, 1.165) is 54.0 Å². The van der Waals surface area contributed by atoms with Gasteiger partial charge in [-0.15, -0.1) is 0 Å². The van der Waals surface area contributed by atoms with Gasteiger partial charge in [-0.2, -0.15) is 0 Å². The second-order valence-electron chi connectivity index (χ2n) is 14.4. The molecule has 1 saturated heterocycles. The van der Waals surface area contributed by atoms with Crippen LogP contribution in [0.2, 0.25) is 0 Å². The largest absolute Gasteiger partial charge is 0.496 e. The molecule has 6 rings (SSSR count). The van der Waals surface area contributed by atoms with Crippen molar-refractivity contribution in [3.05, 3.63) is 71.8 Å². The number of methoxy groups -OCH3 is 1. The second kappa shape index (κ2) is 17.3. The average molecular weight is 683 g/mol. The molecule has 9 heteroatoms. The number of nitrogens with zero attached hydrogens (tertiary/aromatic N) is 2. The van der Waals surface area contributed by atoms with E-state index in [4.69, 9.17) is 15.2 Å². The van der Waals surface area contributed by atoms with Crippen LogP contribution in [-0.4, -0.2) is 72.5 Å². The molecule has 3 aliphatic rings. The molecule has 2 atom stereocenters. The number of ether oxygens (including phenoxy) is 2. The van der Waals surface area contributed by atoms with Crippen molar-refractivity contribution in [1.29, 1.82) is 0 Å². The molecule has 0 radical (unpaired) electrons. The van der Waals surface area contributed by atoms with Gasteiger partial charge in [-0.1, -0.05) is 99.9 Å². The molecule has 2 amide bonds. The summed E-state index contributed by atoms with van der Waals surface area (Å²) in [5.41, 5.74) is 7.74. The van der Waals surface area contributed by atoms with Crippen LogP contribution >= 0.6 is 0 Å². The van der Waals surface area contributed by atoms with Gasteiger partial charge >= 0.3 is 6.09 Å². The Bertz CT molecular complexity index is 1590. The van der Waals surface area contributed by atoms with Crippen molar-refractivity contribution in [3.63, 3.8) is 0 Å². The Balaban J connectivity index is 1.22. The number of carbonyl (C=O) groups excluding carboxylic acids is 3. The van der Waals surface area contributed by atoms with Crippen molar-refractivity contribution < 1.29 is 23.9 Å². The van der Waals surface area contributed by atoms with Crippen LogP contribution in [0.3, 0.4) is 0 Å². The number of piperazine rings is 1. The van der Waals surface area contributed by atoms with Crippen molar-refractivity contribution in [2.75, 3.05) is 26.7 Å². The molecule has 3 aromatic carbocycles. The zero-order chi connectivity index (χ0) is 34.9. The lowest BCUT2D eigenvalue weighted by Crippen LogP contribution is -2.63. The summed E-state index contributed by atoms with van der Waals surface area (Å²) in [7, 11) is 1.62. The summed E-state index contributed by atoms with van der Waals surface area (Å²) in [5, 5.41) is 5.62. The first-order valence-electron chi connectivity index (χ1n) is 18.8. The lowest BCUT2D eigenvalue weighted by molar-refractivity contribution is -0.145. The first-order valence-corrected chi connectivity index (χ1v) is 18.8. The predicted molar refractivity (Wildman–Crippen MR) is 196 cm³/mol. The Morgan fingerprint density at radius 2 is 1.62 bits per heavy atom. The summed E-state index contributed by atoms with van der Waals surface area (Å²) >= 11 is 0. The molecule has 0 unspecified atom stereocenters. The number of hydrogen-bond donors (Lipinski definition) is 2. The van der Waals surface area contributed by atoms with Gasteiger partial charge in [0.05, 0.1) is 19.7 Å². The Morgan fingerprint density at radius 1 is 0.880 bits per heavy atom. The van der Waals surface area contributed by atoms with E-state index in [9.17, 15) is 14.4 Å². The maximum absolute atomic E-state index is 14.7. The van der Waals surface area contributed by atoms with Crippen LogP contribution in [0, 0.1) is 5.92 Å². The van der Waals surface area contributed by atoms with E-state index in [1.54, 1.807) is 23.0 Å². The highest BCUT2D eigenvalue weighted by atomic mass is 16.6. The molecule has 3 aromatic rings. The lowest BCUT2D eigenvalue weighted by Gasteiger charge is -2.42. The van der Waals surface area contributed by atoms with Crippen LogP contribution in [0.15, 0.2) is 60.7 Å². The van der Waals surface area contributed by atoms with Crippen LogP contribution < -0.4 is 20.5 Å². The topological polar surface area (TPSA) is 114 Å². The van der Waals surface area contributed by atoms with Crippen LogP contribution in [-0.2, 0) is 22.6 Å². The van der Waals surface area contributed by atoms with E-state index in [-0.39, 0.29) is 37.2 Å². The Labute approximate surface area is 296 Å². The number of ketones is 1. The van der Waals surface area contributed by atoms with Crippen molar-refractivity contribution >= 4 is 28.6 Å². The molecule has 0 aromatic heterocycles. The minimum Gasteiger partial charge on any atom is -0.496 e. The van der Waals surface area contributed by atoms with Crippen LogP contribution in [0.1, 0.15) is 88.2 Å². The number of Topliss-reactive ketones (excluding diaryl/α,β-unsaturated/α-hetero) is 1. The summed E-state index contributed by atoms with van der Waals surface area (Å²) in [6.07, 6.45) is 12.8. The molecular formula is C41H54N4O5. The van der Waals surface area contributed by atoms with Gasteiger partial charge in [0.15, 0.2) is 5.78 Å². The van der Waals surface area contributed by atoms with E-state index < -0.39 is 12.1 Å².